The van der Waals surface area contributed by atoms with Crippen LogP contribution in [0.2, 0.25) is 0 Å². The Morgan fingerprint density at radius 1 is 1.29 bits per heavy atom. The molecule has 0 amide bonds. The van der Waals surface area contributed by atoms with Crippen LogP contribution in [0.3, 0.4) is 0 Å². The van der Waals surface area contributed by atoms with E-state index in [2.05, 4.69) is 4.74 Å². The lowest BCUT2D eigenvalue weighted by Gasteiger charge is -2.09. The van der Waals surface area contributed by atoms with Crippen LogP contribution in [0.5, 0.6) is 5.75 Å². The summed E-state index contributed by atoms with van der Waals surface area (Å²) < 4.78 is 52.4. The van der Waals surface area contributed by atoms with E-state index in [1.807, 2.05) is 0 Å². The summed E-state index contributed by atoms with van der Waals surface area (Å²) >= 11 is 5.42. The molecular formula is C11H9ClF4O. The van der Waals surface area contributed by atoms with Gasteiger partial charge in [0.2, 0.25) is 0 Å². The average molecular weight is 269 g/mol. The third-order valence-electron chi connectivity index (χ3n) is 1.78. The van der Waals surface area contributed by atoms with Crippen LogP contribution in [0.15, 0.2) is 24.3 Å². The van der Waals surface area contributed by atoms with Gasteiger partial charge >= 0.3 is 6.36 Å². The van der Waals surface area contributed by atoms with E-state index < -0.39 is 17.9 Å². The Bertz CT molecular complexity index is 401. The maximum Gasteiger partial charge on any atom is 0.573 e. The molecule has 94 valence electrons. The highest BCUT2D eigenvalue weighted by atomic mass is 35.5. The Kier molecular flexibility index (Phi) is 4.81. The summed E-state index contributed by atoms with van der Waals surface area (Å²) in [6, 6.07) is 2.95. The predicted molar refractivity (Wildman–Crippen MR) is 57.5 cm³/mol. The van der Waals surface area contributed by atoms with Gasteiger partial charge in [0.05, 0.1) is 0 Å². The van der Waals surface area contributed by atoms with Gasteiger partial charge in [0, 0.05) is 17.5 Å². The van der Waals surface area contributed by atoms with Crippen LogP contribution in [0.1, 0.15) is 12.0 Å². The van der Waals surface area contributed by atoms with Crippen LogP contribution in [-0.4, -0.2) is 12.2 Å². The van der Waals surface area contributed by atoms with E-state index in [0.29, 0.717) is 18.4 Å². The molecular weight excluding hydrogens is 260 g/mol. The molecule has 1 nitrogen and oxygen atoms in total. The van der Waals surface area contributed by atoms with E-state index in [0.717, 1.165) is 6.07 Å². The Labute approximate surface area is 101 Å². The Hall–Kier alpha value is -1.23. The maximum absolute atomic E-state index is 13.3. The molecule has 0 spiro atoms. The van der Waals surface area contributed by atoms with Gasteiger partial charge in [-0.2, -0.15) is 0 Å². The molecule has 0 saturated carbocycles. The lowest BCUT2D eigenvalue weighted by Crippen LogP contribution is -2.17. The number of rotatable bonds is 4. The van der Waals surface area contributed by atoms with Crippen LogP contribution in [-0.2, 0) is 0 Å². The number of alkyl halides is 4. The van der Waals surface area contributed by atoms with Crippen molar-refractivity contribution < 1.29 is 22.3 Å². The van der Waals surface area contributed by atoms with Crippen molar-refractivity contribution in [3.05, 3.63) is 35.7 Å². The summed E-state index contributed by atoms with van der Waals surface area (Å²) in [5, 5.41) is 0. The number of allylic oxidation sites excluding steroid dienone is 1. The van der Waals surface area contributed by atoms with E-state index in [-0.39, 0.29) is 5.56 Å². The molecule has 1 rings (SSSR count). The van der Waals surface area contributed by atoms with Gasteiger partial charge in [-0.1, -0.05) is 12.2 Å². The second-order valence-corrected chi connectivity index (χ2v) is 3.49. The smallest absolute Gasteiger partial charge is 0.406 e. The fraction of sp³-hybridized carbons (Fsp3) is 0.273. The standard InChI is InChI=1S/C11H9ClF4O/c12-6-2-1-3-8-4-5-9(7-10(8)13)17-11(14,15)16/h1,3-5,7H,2,6H2. The summed E-state index contributed by atoms with van der Waals surface area (Å²) in [5.74, 6) is -0.963. The first kappa shape index (κ1) is 13.8. The van der Waals surface area contributed by atoms with E-state index in [9.17, 15) is 17.6 Å². The summed E-state index contributed by atoms with van der Waals surface area (Å²) in [5.41, 5.74) is 0.185. The van der Waals surface area contributed by atoms with Crippen molar-refractivity contribution in [1.82, 2.24) is 0 Å². The molecule has 0 fully saturated rings. The van der Waals surface area contributed by atoms with Crippen molar-refractivity contribution in [1.29, 1.82) is 0 Å². The van der Waals surface area contributed by atoms with Gasteiger partial charge in [-0.05, 0) is 18.6 Å². The minimum Gasteiger partial charge on any atom is -0.406 e. The molecule has 0 aliphatic rings. The lowest BCUT2D eigenvalue weighted by atomic mass is 10.2. The number of hydrogen-bond acceptors (Lipinski definition) is 1. The minimum atomic E-state index is -4.82. The van der Waals surface area contributed by atoms with Crippen molar-refractivity contribution in [2.24, 2.45) is 0 Å². The molecule has 17 heavy (non-hydrogen) atoms. The Morgan fingerprint density at radius 2 is 2.00 bits per heavy atom. The zero-order valence-electron chi connectivity index (χ0n) is 8.60. The monoisotopic (exact) mass is 268 g/mol. The van der Waals surface area contributed by atoms with Crippen LogP contribution >= 0.6 is 11.6 Å². The molecule has 6 heteroatoms. The van der Waals surface area contributed by atoms with Gasteiger partial charge in [-0.15, -0.1) is 24.8 Å². The molecule has 0 unspecified atom stereocenters. The zero-order valence-corrected chi connectivity index (χ0v) is 9.35. The fourth-order valence-corrected chi connectivity index (χ4v) is 1.24. The van der Waals surface area contributed by atoms with Crippen LogP contribution in [0.4, 0.5) is 17.6 Å². The quantitative estimate of drug-likeness (QED) is 0.582. The summed E-state index contributed by atoms with van der Waals surface area (Å²) in [6.45, 7) is 0. The van der Waals surface area contributed by atoms with Gasteiger partial charge in [0.1, 0.15) is 11.6 Å². The summed E-state index contributed by atoms with van der Waals surface area (Å²) in [6.07, 6.45) is -1.17. The van der Waals surface area contributed by atoms with Crippen molar-refractivity contribution >= 4 is 17.7 Å². The third-order valence-corrected chi connectivity index (χ3v) is 2.00. The third kappa shape index (κ3) is 5.08. The first-order valence-electron chi connectivity index (χ1n) is 4.70. The predicted octanol–water partition coefficient (Wildman–Crippen LogP) is 4.37. The molecule has 0 atom stereocenters. The Balaban J connectivity index is 2.79. The van der Waals surface area contributed by atoms with Gasteiger partial charge in [0.25, 0.3) is 0 Å². The summed E-state index contributed by atoms with van der Waals surface area (Å²) in [7, 11) is 0. The second kappa shape index (κ2) is 5.91. The number of hydrogen-bond donors (Lipinski definition) is 0. The average Bonchev–Trinajstić information content (AvgIpc) is 2.19. The largest absolute Gasteiger partial charge is 0.573 e. The normalized spacial score (nSPS) is 12.1. The van der Waals surface area contributed by atoms with Crippen molar-refractivity contribution in [3.63, 3.8) is 0 Å². The number of halogens is 5. The number of benzene rings is 1. The van der Waals surface area contributed by atoms with E-state index in [1.54, 1.807) is 6.08 Å². The summed E-state index contributed by atoms with van der Waals surface area (Å²) in [4.78, 5) is 0. The lowest BCUT2D eigenvalue weighted by molar-refractivity contribution is -0.274. The highest BCUT2D eigenvalue weighted by Crippen LogP contribution is 2.24. The first-order valence-corrected chi connectivity index (χ1v) is 5.23. The van der Waals surface area contributed by atoms with Crippen LogP contribution in [0, 0.1) is 5.82 Å². The highest BCUT2D eigenvalue weighted by molar-refractivity contribution is 6.17. The van der Waals surface area contributed by atoms with Crippen molar-refractivity contribution in [2.45, 2.75) is 12.8 Å². The van der Waals surface area contributed by atoms with Gasteiger partial charge in [-0.25, -0.2) is 4.39 Å². The zero-order chi connectivity index (χ0) is 12.9. The molecule has 1 aromatic carbocycles. The van der Waals surface area contributed by atoms with Crippen LogP contribution < -0.4 is 4.74 Å². The van der Waals surface area contributed by atoms with E-state index >= 15 is 0 Å². The molecule has 0 aliphatic heterocycles. The molecule has 0 N–H and O–H groups in total. The fourth-order valence-electron chi connectivity index (χ4n) is 1.11. The van der Waals surface area contributed by atoms with Gasteiger partial charge in [-0.3, -0.25) is 0 Å². The Morgan fingerprint density at radius 3 is 2.53 bits per heavy atom. The minimum absolute atomic E-state index is 0.185. The molecule has 0 saturated heterocycles. The molecule has 0 heterocycles. The SMILES string of the molecule is Fc1cc(OC(F)(F)F)ccc1C=CCCCl. The van der Waals surface area contributed by atoms with Gasteiger partial charge < -0.3 is 4.74 Å². The topological polar surface area (TPSA) is 9.23 Å². The van der Waals surface area contributed by atoms with E-state index in [1.165, 1.54) is 12.1 Å². The van der Waals surface area contributed by atoms with Crippen molar-refractivity contribution in [2.75, 3.05) is 5.88 Å². The molecule has 0 aliphatic carbocycles. The maximum atomic E-state index is 13.3. The van der Waals surface area contributed by atoms with E-state index in [4.69, 9.17) is 11.6 Å². The molecule has 0 radical (unpaired) electrons. The molecule has 0 bridgehead atoms. The molecule has 1 aromatic rings. The first-order chi connectivity index (χ1) is 7.92. The number of ether oxygens (including phenoxy) is 1. The molecule has 0 aromatic heterocycles. The van der Waals surface area contributed by atoms with Crippen LogP contribution in [0.25, 0.3) is 6.08 Å². The second-order valence-electron chi connectivity index (χ2n) is 3.11. The van der Waals surface area contributed by atoms with Gasteiger partial charge in [0.15, 0.2) is 0 Å². The van der Waals surface area contributed by atoms with Crippen molar-refractivity contribution in [3.8, 4) is 5.75 Å². The highest BCUT2D eigenvalue weighted by Gasteiger charge is 2.31.